The fraction of sp³-hybridized carbons (Fsp3) is 0.348. The van der Waals surface area contributed by atoms with Crippen LogP contribution < -0.4 is 20.3 Å². The van der Waals surface area contributed by atoms with Gasteiger partial charge in [-0.15, -0.1) is 11.3 Å². The number of rotatable bonds is 8. The minimum absolute atomic E-state index is 0.0776. The third-order valence-corrected chi connectivity index (χ3v) is 5.75. The summed E-state index contributed by atoms with van der Waals surface area (Å²) in [5.74, 6) is 0.245. The van der Waals surface area contributed by atoms with Crippen molar-refractivity contribution in [2.24, 2.45) is 0 Å². The maximum absolute atomic E-state index is 12.5. The van der Waals surface area contributed by atoms with E-state index in [9.17, 15) is 9.59 Å². The third-order valence-electron chi connectivity index (χ3n) is 4.97. The summed E-state index contributed by atoms with van der Waals surface area (Å²) in [6.45, 7) is 8.50. The van der Waals surface area contributed by atoms with Crippen molar-refractivity contribution in [3.8, 4) is 22.8 Å². The SMILES string of the molecule is CCCOc1ccc(C(=O)NNC(=O)Cn2c(C)cc(-c3csc(C)n3)c2C)cc1OC. The van der Waals surface area contributed by atoms with Crippen LogP contribution >= 0.6 is 11.3 Å². The van der Waals surface area contributed by atoms with Crippen molar-refractivity contribution in [1.82, 2.24) is 20.4 Å². The van der Waals surface area contributed by atoms with Gasteiger partial charge in [-0.3, -0.25) is 20.4 Å². The zero-order valence-electron chi connectivity index (χ0n) is 18.9. The summed E-state index contributed by atoms with van der Waals surface area (Å²) in [4.78, 5) is 29.5. The van der Waals surface area contributed by atoms with Gasteiger partial charge in [0.05, 0.1) is 24.4 Å². The molecular weight excluding hydrogens is 428 g/mol. The standard InChI is InChI=1S/C23H28N4O4S/c1-6-9-31-20-8-7-17(11-21(20)30-5)23(29)26-25-22(28)12-27-14(2)10-18(15(27)3)19-13-32-16(4)24-19/h7-8,10-11,13H,6,9,12H2,1-5H3,(H,25,28)(H,26,29). The predicted molar refractivity (Wildman–Crippen MR) is 124 cm³/mol. The van der Waals surface area contributed by atoms with Gasteiger partial charge in [0.25, 0.3) is 11.8 Å². The molecule has 0 spiro atoms. The number of hydrogen-bond acceptors (Lipinski definition) is 6. The Morgan fingerprint density at radius 1 is 1.12 bits per heavy atom. The van der Waals surface area contributed by atoms with E-state index in [1.165, 1.54) is 7.11 Å². The summed E-state index contributed by atoms with van der Waals surface area (Å²) >= 11 is 1.59. The van der Waals surface area contributed by atoms with Gasteiger partial charge in [-0.25, -0.2) is 4.98 Å². The van der Waals surface area contributed by atoms with E-state index in [0.717, 1.165) is 34.1 Å². The molecule has 0 atom stereocenters. The number of amides is 2. The molecule has 2 heterocycles. The van der Waals surface area contributed by atoms with E-state index in [2.05, 4.69) is 15.8 Å². The number of hydrazine groups is 1. The van der Waals surface area contributed by atoms with Gasteiger partial charge in [-0.1, -0.05) is 6.92 Å². The first-order valence-electron chi connectivity index (χ1n) is 10.3. The summed E-state index contributed by atoms with van der Waals surface area (Å²) < 4.78 is 12.8. The summed E-state index contributed by atoms with van der Waals surface area (Å²) in [5.41, 5.74) is 9.07. The molecule has 3 rings (SSSR count). The van der Waals surface area contributed by atoms with Crippen LogP contribution in [0.3, 0.4) is 0 Å². The monoisotopic (exact) mass is 456 g/mol. The van der Waals surface area contributed by atoms with E-state index in [1.807, 2.05) is 43.7 Å². The Morgan fingerprint density at radius 2 is 1.91 bits per heavy atom. The van der Waals surface area contributed by atoms with Crippen molar-refractivity contribution in [2.75, 3.05) is 13.7 Å². The number of aromatic nitrogens is 2. The van der Waals surface area contributed by atoms with Crippen LogP contribution in [0.25, 0.3) is 11.3 Å². The first-order valence-corrected chi connectivity index (χ1v) is 11.2. The maximum Gasteiger partial charge on any atom is 0.269 e. The van der Waals surface area contributed by atoms with Crippen LogP contribution in [-0.2, 0) is 11.3 Å². The summed E-state index contributed by atoms with van der Waals surface area (Å²) in [5, 5.41) is 3.00. The minimum atomic E-state index is -0.446. The molecule has 0 aliphatic carbocycles. The van der Waals surface area contributed by atoms with Crippen molar-refractivity contribution in [3.05, 3.63) is 51.6 Å². The second kappa shape index (κ2) is 10.3. The fourth-order valence-corrected chi connectivity index (χ4v) is 3.93. The molecular formula is C23H28N4O4S. The molecule has 0 aliphatic heterocycles. The number of aryl methyl sites for hydroxylation is 2. The highest BCUT2D eigenvalue weighted by Gasteiger charge is 2.16. The minimum Gasteiger partial charge on any atom is -0.493 e. The number of benzene rings is 1. The van der Waals surface area contributed by atoms with E-state index in [1.54, 1.807) is 29.5 Å². The highest BCUT2D eigenvalue weighted by atomic mass is 32.1. The lowest BCUT2D eigenvalue weighted by Gasteiger charge is -2.13. The zero-order valence-corrected chi connectivity index (χ0v) is 19.8. The molecule has 170 valence electrons. The Bertz CT molecular complexity index is 1120. The number of carbonyl (C=O) groups is 2. The normalized spacial score (nSPS) is 10.7. The van der Waals surface area contributed by atoms with Gasteiger partial charge in [-0.2, -0.15) is 0 Å². The van der Waals surface area contributed by atoms with Gasteiger partial charge in [0.1, 0.15) is 6.54 Å². The topological polar surface area (TPSA) is 94.5 Å². The molecule has 0 unspecified atom stereocenters. The molecule has 0 saturated heterocycles. The van der Waals surface area contributed by atoms with Gasteiger partial charge in [0, 0.05) is 27.9 Å². The first-order chi connectivity index (χ1) is 15.3. The molecule has 0 fully saturated rings. The molecule has 2 N–H and O–H groups in total. The molecule has 2 aromatic heterocycles. The van der Waals surface area contributed by atoms with E-state index in [0.29, 0.717) is 23.7 Å². The van der Waals surface area contributed by atoms with Crippen LogP contribution in [0.1, 0.15) is 40.1 Å². The summed E-state index contributed by atoms with van der Waals surface area (Å²) in [6.07, 6.45) is 0.864. The van der Waals surface area contributed by atoms with Crippen molar-refractivity contribution in [2.45, 2.75) is 40.7 Å². The van der Waals surface area contributed by atoms with Crippen LogP contribution in [0.15, 0.2) is 29.6 Å². The number of nitrogens with one attached hydrogen (secondary N) is 2. The van der Waals surface area contributed by atoms with E-state index in [4.69, 9.17) is 9.47 Å². The molecule has 0 bridgehead atoms. The van der Waals surface area contributed by atoms with Gasteiger partial charge in [0.15, 0.2) is 11.5 Å². The molecule has 1 aromatic carbocycles. The van der Waals surface area contributed by atoms with Gasteiger partial charge in [0.2, 0.25) is 0 Å². The van der Waals surface area contributed by atoms with Crippen LogP contribution in [0, 0.1) is 20.8 Å². The maximum atomic E-state index is 12.5. The lowest BCUT2D eigenvalue weighted by atomic mass is 10.2. The second-order valence-corrected chi connectivity index (χ2v) is 8.40. The Labute approximate surface area is 191 Å². The summed E-state index contributed by atoms with van der Waals surface area (Å²) in [6, 6.07) is 6.90. The zero-order chi connectivity index (χ0) is 23.3. The Hall–Kier alpha value is -3.33. The number of thiazole rings is 1. The average Bonchev–Trinajstić information content (AvgIpc) is 3.33. The number of nitrogens with zero attached hydrogens (tertiary/aromatic N) is 2. The first kappa shape index (κ1) is 23.3. The third kappa shape index (κ3) is 5.28. The smallest absolute Gasteiger partial charge is 0.269 e. The molecule has 0 aliphatic rings. The lowest BCUT2D eigenvalue weighted by molar-refractivity contribution is -0.122. The molecule has 0 saturated carbocycles. The molecule has 8 nitrogen and oxygen atoms in total. The highest BCUT2D eigenvalue weighted by Crippen LogP contribution is 2.29. The van der Waals surface area contributed by atoms with Crippen molar-refractivity contribution in [3.63, 3.8) is 0 Å². The van der Waals surface area contributed by atoms with Crippen molar-refractivity contribution < 1.29 is 19.1 Å². The van der Waals surface area contributed by atoms with Crippen LogP contribution in [0.5, 0.6) is 11.5 Å². The van der Waals surface area contributed by atoms with Crippen molar-refractivity contribution in [1.29, 1.82) is 0 Å². The molecule has 32 heavy (non-hydrogen) atoms. The predicted octanol–water partition coefficient (Wildman–Crippen LogP) is 3.80. The Balaban J connectivity index is 1.63. The van der Waals surface area contributed by atoms with Gasteiger partial charge in [-0.05, 0) is 51.5 Å². The molecule has 3 aromatic rings. The lowest BCUT2D eigenvalue weighted by Crippen LogP contribution is -2.43. The number of ether oxygens (including phenoxy) is 2. The van der Waals surface area contributed by atoms with E-state index >= 15 is 0 Å². The number of methoxy groups -OCH3 is 1. The van der Waals surface area contributed by atoms with Gasteiger partial charge < -0.3 is 14.0 Å². The quantitative estimate of drug-likeness (QED) is 0.503. The Morgan fingerprint density at radius 3 is 2.56 bits per heavy atom. The van der Waals surface area contributed by atoms with E-state index in [-0.39, 0.29) is 12.5 Å². The average molecular weight is 457 g/mol. The largest absolute Gasteiger partial charge is 0.493 e. The fourth-order valence-electron chi connectivity index (χ4n) is 3.31. The highest BCUT2D eigenvalue weighted by molar-refractivity contribution is 7.09. The number of carbonyl (C=O) groups excluding carboxylic acids is 2. The summed E-state index contributed by atoms with van der Waals surface area (Å²) in [7, 11) is 1.51. The van der Waals surface area contributed by atoms with Crippen LogP contribution in [-0.4, -0.2) is 35.1 Å². The molecule has 2 amide bonds. The Kier molecular flexibility index (Phi) is 7.53. The van der Waals surface area contributed by atoms with E-state index < -0.39 is 5.91 Å². The van der Waals surface area contributed by atoms with Crippen LogP contribution in [0.2, 0.25) is 0 Å². The molecule has 0 radical (unpaired) electrons. The van der Waals surface area contributed by atoms with Crippen molar-refractivity contribution >= 4 is 23.2 Å². The van der Waals surface area contributed by atoms with Crippen LogP contribution in [0.4, 0.5) is 0 Å². The number of hydrogen-bond donors (Lipinski definition) is 2. The van der Waals surface area contributed by atoms with Gasteiger partial charge >= 0.3 is 0 Å². The molecule has 9 heteroatoms. The second-order valence-electron chi connectivity index (χ2n) is 7.34.